The highest BCUT2D eigenvalue weighted by Crippen LogP contribution is 2.22. The summed E-state index contributed by atoms with van der Waals surface area (Å²) in [6, 6.07) is 20.7. The van der Waals surface area contributed by atoms with Gasteiger partial charge in [-0.15, -0.1) is 0 Å². The molecule has 1 N–H and O–H groups in total. The van der Waals surface area contributed by atoms with E-state index in [0.29, 0.717) is 30.9 Å². The van der Waals surface area contributed by atoms with Crippen LogP contribution in [0.2, 0.25) is 0 Å². The Balaban J connectivity index is 1.17. The number of nitrogens with zero attached hydrogens (tertiary/aromatic N) is 3. The Morgan fingerprint density at radius 2 is 1.94 bits per heavy atom. The van der Waals surface area contributed by atoms with Gasteiger partial charge in [0.05, 0.1) is 5.69 Å². The molecule has 1 fully saturated rings. The third kappa shape index (κ3) is 4.72. The molecule has 1 aliphatic heterocycles. The lowest BCUT2D eigenvalue weighted by Gasteiger charge is -2.16. The standard InChI is InChI=1S/C26H24N4O3/c31-25-8-4-14-30(25)22-11-9-19(10-12-22)16-27-26(32)20-5-3-6-23(15-20)33-18-21-17-29-13-2-1-7-24(29)28-21/h1-3,5-7,9-13,15,17H,4,8,14,16,18H2,(H,27,32). The third-order valence-electron chi connectivity index (χ3n) is 5.67. The highest BCUT2D eigenvalue weighted by Gasteiger charge is 2.21. The molecule has 7 nitrogen and oxygen atoms in total. The summed E-state index contributed by atoms with van der Waals surface area (Å²) < 4.78 is 7.80. The molecular weight excluding hydrogens is 416 g/mol. The second-order valence-corrected chi connectivity index (χ2v) is 8.01. The fourth-order valence-electron chi connectivity index (χ4n) is 3.94. The zero-order valence-electron chi connectivity index (χ0n) is 18.1. The molecule has 2 amide bonds. The number of carbonyl (C=O) groups is 2. The Morgan fingerprint density at radius 3 is 2.73 bits per heavy atom. The summed E-state index contributed by atoms with van der Waals surface area (Å²) in [5.74, 6) is 0.602. The Labute approximate surface area is 191 Å². The van der Waals surface area contributed by atoms with Crippen LogP contribution in [0.1, 0.15) is 34.5 Å². The minimum atomic E-state index is -0.174. The number of rotatable bonds is 7. The van der Waals surface area contributed by atoms with E-state index in [1.54, 1.807) is 23.1 Å². The fraction of sp³-hybridized carbons (Fsp3) is 0.192. The number of imidazole rings is 1. The molecule has 2 aromatic carbocycles. The van der Waals surface area contributed by atoms with Crippen molar-refractivity contribution < 1.29 is 14.3 Å². The van der Waals surface area contributed by atoms with Crippen LogP contribution in [-0.4, -0.2) is 27.7 Å². The number of ether oxygens (including phenoxy) is 1. The van der Waals surface area contributed by atoms with Gasteiger partial charge in [-0.3, -0.25) is 9.59 Å². The van der Waals surface area contributed by atoms with Crippen molar-refractivity contribution in [1.82, 2.24) is 14.7 Å². The van der Waals surface area contributed by atoms with Crippen LogP contribution in [0.15, 0.2) is 79.1 Å². The van der Waals surface area contributed by atoms with Crippen LogP contribution in [0.4, 0.5) is 5.69 Å². The molecule has 1 aliphatic rings. The van der Waals surface area contributed by atoms with Crippen molar-refractivity contribution >= 4 is 23.1 Å². The number of hydrogen-bond donors (Lipinski definition) is 1. The smallest absolute Gasteiger partial charge is 0.251 e. The molecule has 0 saturated carbocycles. The minimum absolute atomic E-state index is 0.166. The number of amides is 2. The van der Waals surface area contributed by atoms with E-state index in [9.17, 15) is 9.59 Å². The normalized spacial score (nSPS) is 13.5. The predicted octanol–water partition coefficient (Wildman–Crippen LogP) is 3.97. The molecule has 4 aromatic rings. The van der Waals surface area contributed by atoms with Crippen LogP contribution in [-0.2, 0) is 17.9 Å². The van der Waals surface area contributed by atoms with E-state index < -0.39 is 0 Å². The van der Waals surface area contributed by atoms with Crippen molar-refractivity contribution in [2.45, 2.75) is 26.0 Å². The van der Waals surface area contributed by atoms with E-state index in [1.807, 2.05) is 65.3 Å². The second-order valence-electron chi connectivity index (χ2n) is 8.01. The van der Waals surface area contributed by atoms with Gasteiger partial charge in [-0.25, -0.2) is 4.98 Å². The summed E-state index contributed by atoms with van der Waals surface area (Å²) in [5, 5.41) is 2.94. The number of nitrogens with one attached hydrogen (secondary N) is 1. The van der Waals surface area contributed by atoms with Gasteiger partial charge in [0.1, 0.15) is 18.0 Å². The molecule has 166 valence electrons. The molecule has 0 bridgehead atoms. The number of aromatic nitrogens is 2. The zero-order valence-corrected chi connectivity index (χ0v) is 18.1. The van der Waals surface area contributed by atoms with E-state index in [2.05, 4.69) is 10.3 Å². The third-order valence-corrected chi connectivity index (χ3v) is 5.67. The predicted molar refractivity (Wildman–Crippen MR) is 125 cm³/mol. The molecule has 1 saturated heterocycles. The number of benzene rings is 2. The minimum Gasteiger partial charge on any atom is -0.487 e. The lowest BCUT2D eigenvalue weighted by atomic mass is 10.1. The molecule has 0 atom stereocenters. The Hall–Kier alpha value is -4.13. The topological polar surface area (TPSA) is 75.9 Å². The van der Waals surface area contributed by atoms with Gasteiger partial charge in [0.15, 0.2) is 0 Å². The first-order chi connectivity index (χ1) is 16.2. The number of carbonyl (C=O) groups excluding carboxylic acids is 2. The summed E-state index contributed by atoms with van der Waals surface area (Å²) in [7, 11) is 0. The summed E-state index contributed by atoms with van der Waals surface area (Å²) in [6.45, 7) is 1.49. The van der Waals surface area contributed by atoms with Crippen LogP contribution < -0.4 is 15.0 Å². The van der Waals surface area contributed by atoms with Gasteiger partial charge in [-0.1, -0.05) is 24.3 Å². The first-order valence-corrected chi connectivity index (χ1v) is 11.0. The van der Waals surface area contributed by atoms with Crippen LogP contribution >= 0.6 is 0 Å². The lowest BCUT2D eigenvalue weighted by molar-refractivity contribution is -0.117. The van der Waals surface area contributed by atoms with Crippen molar-refractivity contribution in [2.24, 2.45) is 0 Å². The zero-order chi connectivity index (χ0) is 22.6. The highest BCUT2D eigenvalue weighted by molar-refractivity contribution is 5.95. The van der Waals surface area contributed by atoms with E-state index in [-0.39, 0.29) is 11.8 Å². The first-order valence-electron chi connectivity index (χ1n) is 11.0. The molecule has 0 radical (unpaired) electrons. The van der Waals surface area contributed by atoms with Crippen LogP contribution in [0.3, 0.4) is 0 Å². The van der Waals surface area contributed by atoms with Gasteiger partial charge in [-0.05, 0) is 54.4 Å². The first kappa shape index (κ1) is 20.8. The van der Waals surface area contributed by atoms with Gasteiger partial charge >= 0.3 is 0 Å². The average Bonchev–Trinajstić information content (AvgIpc) is 3.47. The second kappa shape index (κ2) is 9.16. The van der Waals surface area contributed by atoms with Crippen molar-refractivity contribution in [3.05, 3.63) is 95.9 Å². The van der Waals surface area contributed by atoms with Crippen molar-refractivity contribution in [1.29, 1.82) is 0 Å². The van der Waals surface area contributed by atoms with Gasteiger partial charge in [0.2, 0.25) is 5.91 Å². The number of anilines is 1. The van der Waals surface area contributed by atoms with Crippen molar-refractivity contribution in [3.8, 4) is 5.75 Å². The van der Waals surface area contributed by atoms with Crippen LogP contribution in [0, 0.1) is 0 Å². The molecule has 3 heterocycles. The molecule has 33 heavy (non-hydrogen) atoms. The Morgan fingerprint density at radius 1 is 1.06 bits per heavy atom. The van der Waals surface area contributed by atoms with E-state index in [4.69, 9.17) is 4.74 Å². The van der Waals surface area contributed by atoms with Crippen LogP contribution in [0.25, 0.3) is 5.65 Å². The molecule has 0 aliphatic carbocycles. The van der Waals surface area contributed by atoms with Gasteiger partial charge in [0, 0.05) is 43.2 Å². The molecule has 7 heteroatoms. The Bertz CT molecular complexity index is 1260. The maximum Gasteiger partial charge on any atom is 0.251 e. The monoisotopic (exact) mass is 440 g/mol. The van der Waals surface area contributed by atoms with Crippen molar-refractivity contribution in [3.63, 3.8) is 0 Å². The van der Waals surface area contributed by atoms with Crippen molar-refractivity contribution in [2.75, 3.05) is 11.4 Å². The van der Waals surface area contributed by atoms with E-state index in [0.717, 1.165) is 35.6 Å². The summed E-state index contributed by atoms with van der Waals surface area (Å²) in [6.07, 6.45) is 5.38. The number of fused-ring (bicyclic) bond motifs is 1. The Kier molecular flexibility index (Phi) is 5.76. The van der Waals surface area contributed by atoms with E-state index in [1.165, 1.54) is 0 Å². The quantitative estimate of drug-likeness (QED) is 0.472. The number of hydrogen-bond acceptors (Lipinski definition) is 4. The fourth-order valence-corrected chi connectivity index (χ4v) is 3.94. The SMILES string of the molecule is O=C(NCc1ccc(N2CCCC2=O)cc1)c1cccc(OCc2cn3ccccc3n2)c1. The van der Waals surface area contributed by atoms with Gasteiger partial charge < -0.3 is 19.4 Å². The summed E-state index contributed by atoms with van der Waals surface area (Å²) >= 11 is 0. The number of pyridine rings is 1. The van der Waals surface area contributed by atoms with Gasteiger partial charge in [0.25, 0.3) is 5.91 Å². The average molecular weight is 441 g/mol. The lowest BCUT2D eigenvalue weighted by Crippen LogP contribution is -2.24. The molecule has 0 spiro atoms. The van der Waals surface area contributed by atoms with Crippen LogP contribution in [0.5, 0.6) is 5.75 Å². The summed E-state index contributed by atoms with van der Waals surface area (Å²) in [5.41, 5.74) is 4.09. The largest absolute Gasteiger partial charge is 0.487 e. The summed E-state index contributed by atoms with van der Waals surface area (Å²) in [4.78, 5) is 30.9. The van der Waals surface area contributed by atoms with Gasteiger partial charge in [-0.2, -0.15) is 0 Å². The maximum absolute atomic E-state index is 12.6. The maximum atomic E-state index is 12.6. The molecular formula is C26H24N4O3. The molecule has 0 unspecified atom stereocenters. The van der Waals surface area contributed by atoms with E-state index >= 15 is 0 Å². The highest BCUT2D eigenvalue weighted by atomic mass is 16.5. The molecule has 5 rings (SSSR count). The molecule has 2 aromatic heterocycles.